The molecule has 1 fully saturated rings. The third kappa shape index (κ3) is 5.18. The Hall–Kier alpha value is -2.70. The number of nitrogens with one attached hydrogen (secondary N) is 1. The highest BCUT2D eigenvalue weighted by molar-refractivity contribution is 7.89. The fourth-order valence-corrected chi connectivity index (χ4v) is 6.18. The lowest BCUT2D eigenvalue weighted by atomic mass is 10.2. The third-order valence-corrected chi connectivity index (χ3v) is 8.65. The van der Waals surface area contributed by atoms with Gasteiger partial charge in [-0.2, -0.15) is 4.31 Å². The van der Waals surface area contributed by atoms with Crippen LogP contribution < -0.4 is 10.1 Å². The van der Waals surface area contributed by atoms with Crippen LogP contribution in [0.15, 0.2) is 47.4 Å². The first-order valence-corrected chi connectivity index (χ1v) is 12.8. The van der Waals surface area contributed by atoms with E-state index in [0.717, 1.165) is 16.0 Å². The Morgan fingerprint density at radius 2 is 1.85 bits per heavy atom. The monoisotopic (exact) mass is 524 g/mol. The minimum absolute atomic E-state index is 0.120. The van der Waals surface area contributed by atoms with Crippen molar-refractivity contribution in [3.8, 4) is 5.75 Å². The zero-order valence-electron chi connectivity index (χ0n) is 18.1. The van der Waals surface area contributed by atoms with Crippen LogP contribution in [0.3, 0.4) is 0 Å². The minimum Gasteiger partial charge on any atom is -0.497 e. The molecule has 2 aromatic carbocycles. The van der Waals surface area contributed by atoms with Gasteiger partial charge in [0.1, 0.15) is 10.6 Å². The van der Waals surface area contributed by atoms with Crippen LogP contribution in [0.2, 0.25) is 5.02 Å². The molecule has 34 heavy (non-hydrogen) atoms. The fourth-order valence-electron chi connectivity index (χ4n) is 3.34. The van der Waals surface area contributed by atoms with Crippen LogP contribution in [-0.4, -0.2) is 64.6 Å². The molecule has 2 heterocycles. The van der Waals surface area contributed by atoms with E-state index in [9.17, 15) is 18.0 Å². The summed E-state index contributed by atoms with van der Waals surface area (Å²) in [5, 5.41) is 3.52. The van der Waals surface area contributed by atoms with Crippen molar-refractivity contribution >= 4 is 60.6 Å². The van der Waals surface area contributed by atoms with E-state index in [1.807, 2.05) is 0 Å². The molecule has 1 aliphatic heterocycles. The number of anilines is 1. The predicted octanol–water partition coefficient (Wildman–Crippen LogP) is 3.38. The van der Waals surface area contributed by atoms with E-state index in [-0.39, 0.29) is 14.8 Å². The highest BCUT2D eigenvalue weighted by Gasteiger charge is 2.26. The number of hydrogen-bond acceptors (Lipinski definition) is 8. The maximum atomic E-state index is 12.7. The summed E-state index contributed by atoms with van der Waals surface area (Å²) in [7, 11) is -2.08. The molecule has 1 aliphatic rings. The summed E-state index contributed by atoms with van der Waals surface area (Å²) < 4.78 is 42.9. The zero-order valence-corrected chi connectivity index (χ0v) is 20.5. The van der Waals surface area contributed by atoms with Crippen LogP contribution in [0, 0.1) is 0 Å². The molecule has 0 bridgehead atoms. The molecular weight excluding hydrogens is 504 g/mol. The van der Waals surface area contributed by atoms with Crippen molar-refractivity contribution in [2.75, 3.05) is 45.3 Å². The first kappa shape index (κ1) is 24.4. The zero-order chi connectivity index (χ0) is 24.3. The van der Waals surface area contributed by atoms with Crippen LogP contribution in [0.5, 0.6) is 5.75 Å². The second-order valence-corrected chi connectivity index (χ2v) is 10.6. The van der Waals surface area contributed by atoms with Gasteiger partial charge in [0, 0.05) is 28.9 Å². The van der Waals surface area contributed by atoms with Gasteiger partial charge in [-0.3, -0.25) is 4.79 Å². The summed E-state index contributed by atoms with van der Waals surface area (Å²) in [6, 6.07) is 11.0. The molecule has 3 aromatic rings. The van der Waals surface area contributed by atoms with Gasteiger partial charge in [0.25, 0.3) is 5.91 Å². The van der Waals surface area contributed by atoms with Crippen LogP contribution >= 0.6 is 22.9 Å². The molecule has 12 heteroatoms. The van der Waals surface area contributed by atoms with Gasteiger partial charge in [0.05, 0.1) is 30.2 Å². The average molecular weight is 525 g/mol. The molecular formula is C22H21ClN2O7S2. The molecule has 1 saturated heterocycles. The van der Waals surface area contributed by atoms with Crippen LogP contribution in [0.4, 0.5) is 5.69 Å². The van der Waals surface area contributed by atoms with Crippen LogP contribution in [0.25, 0.3) is 10.1 Å². The number of rotatable bonds is 7. The number of hydrogen-bond donors (Lipinski definition) is 1. The van der Waals surface area contributed by atoms with Crippen molar-refractivity contribution in [2.45, 2.75) is 4.90 Å². The highest BCUT2D eigenvalue weighted by atomic mass is 35.5. The minimum atomic E-state index is -3.63. The number of benzene rings is 2. The van der Waals surface area contributed by atoms with Gasteiger partial charge < -0.3 is 19.5 Å². The lowest BCUT2D eigenvalue weighted by Gasteiger charge is -2.26. The molecule has 4 rings (SSSR count). The van der Waals surface area contributed by atoms with Gasteiger partial charge in [-0.15, -0.1) is 11.3 Å². The molecule has 0 unspecified atom stereocenters. The number of morpholine rings is 1. The van der Waals surface area contributed by atoms with E-state index in [2.05, 4.69) is 5.32 Å². The number of halogens is 1. The van der Waals surface area contributed by atoms with E-state index < -0.39 is 28.5 Å². The number of thiophene rings is 1. The lowest BCUT2D eigenvalue weighted by molar-refractivity contribution is -0.119. The summed E-state index contributed by atoms with van der Waals surface area (Å²) in [5.74, 6) is -0.656. The summed E-state index contributed by atoms with van der Waals surface area (Å²) >= 11 is 7.45. The van der Waals surface area contributed by atoms with E-state index in [1.54, 1.807) is 25.3 Å². The van der Waals surface area contributed by atoms with Crippen molar-refractivity contribution in [3.63, 3.8) is 0 Å². The molecule has 180 valence electrons. The Kier molecular flexibility index (Phi) is 7.39. The molecule has 0 saturated carbocycles. The number of sulfonamides is 1. The van der Waals surface area contributed by atoms with E-state index in [4.69, 9.17) is 25.8 Å². The standard InChI is InChI=1S/C22H21ClN2O7S2/c1-30-15-4-7-17-18(12-15)33-21(20(17)23)22(27)32-13-19(26)24-14-2-5-16(6-3-14)34(28,29)25-8-10-31-11-9-25/h2-7,12H,8-11,13H2,1H3,(H,24,26). The van der Waals surface area contributed by atoms with Crippen LogP contribution in [-0.2, 0) is 24.3 Å². The van der Waals surface area contributed by atoms with Gasteiger partial charge in [0.15, 0.2) is 6.61 Å². The first-order chi connectivity index (χ1) is 16.3. The predicted molar refractivity (Wildman–Crippen MR) is 128 cm³/mol. The maximum absolute atomic E-state index is 12.7. The van der Waals surface area contributed by atoms with E-state index >= 15 is 0 Å². The molecule has 1 aromatic heterocycles. The average Bonchev–Trinajstić information content (AvgIpc) is 3.19. The Bertz CT molecular complexity index is 1320. The summed E-state index contributed by atoms with van der Waals surface area (Å²) in [6.07, 6.45) is 0. The number of ether oxygens (including phenoxy) is 3. The normalized spacial score (nSPS) is 14.6. The Labute approximate surface area is 205 Å². The molecule has 1 N–H and O–H groups in total. The largest absolute Gasteiger partial charge is 0.497 e. The fraction of sp³-hybridized carbons (Fsp3) is 0.273. The Morgan fingerprint density at radius 1 is 1.15 bits per heavy atom. The number of amides is 1. The molecule has 0 aliphatic carbocycles. The van der Waals surface area contributed by atoms with Gasteiger partial charge in [-0.1, -0.05) is 11.6 Å². The summed E-state index contributed by atoms with van der Waals surface area (Å²) in [6.45, 7) is 0.771. The molecule has 9 nitrogen and oxygen atoms in total. The number of nitrogens with zero attached hydrogens (tertiary/aromatic N) is 1. The quantitative estimate of drug-likeness (QED) is 0.471. The van der Waals surface area contributed by atoms with Crippen LogP contribution in [0.1, 0.15) is 9.67 Å². The number of esters is 1. The lowest BCUT2D eigenvalue weighted by Crippen LogP contribution is -2.40. The van der Waals surface area contributed by atoms with Gasteiger partial charge >= 0.3 is 5.97 Å². The van der Waals surface area contributed by atoms with Crippen molar-refractivity contribution in [2.24, 2.45) is 0 Å². The second kappa shape index (κ2) is 10.3. The molecule has 1 amide bonds. The molecule has 0 spiro atoms. The highest BCUT2D eigenvalue weighted by Crippen LogP contribution is 2.37. The summed E-state index contributed by atoms with van der Waals surface area (Å²) in [5.41, 5.74) is 0.369. The molecule has 0 radical (unpaired) electrons. The SMILES string of the molecule is COc1ccc2c(Cl)c(C(=O)OCC(=O)Nc3ccc(S(=O)(=O)N4CCOCC4)cc3)sc2c1. The van der Waals surface area contributed by atoms with Gasteiger partial charge in [0.2, 0.25) is 10.0 Å². The maximum Gasteiger partial charge on any atom is 0.350 e. The first-order valence-electron chi connectivity index (χ1n) is 10.2. The third-order valence-electron chi connectivity index (χ3n) is 5.10. The topological polar surface area (TPSA) is 111 Å². The van der Waals surface area contributed by atoms with Crippen molar-refractivity contribution in [1.82, 2.24) is 4.31 Å². The van der Waals surface area contributed by atoms with E-state index in [1.165, 1.54) is 28.6 Å². The van der Waals surface area contributed by atoms with E-state index in [0.29, 0.717) is 43.1 Å². The number of carbonyl (C=O) groups is 2. The Morgan fingerprint density at radius 3 is 2.53 bits per heavy atom. The van der Waals surface area contributed by atoms with Crippen molar-refractivity contribution in [1.29, 1.82) is 0 Å². The number of carbonyl (C=O) groups excluding carboxylic acids is 2. The number of fused-ring (bicyclic) bond motifs is 1. The van der Waals surface area contributed by atoms with Crippen molar-refractivity contribution < 1.29 is 32.2 Å². The summed E-state index contributed by atoms with van der Waals surface area (Å²) in [4.78, 5) is 25.0. The van der Waals surface area contributed by atoms with Gasteiger partial charge in [-0.25, -0.2) is 13.2 Å². The second-order valence-electron chi connectivity index (χ2n) is 7.27. The number of methoxy groups -OCH3 is 1. The van der Waals surface area contributed by atoms with Gasteiger partial charge in [-0.05, 0) is 42.5 Å². The van der Waals surface area contributed by atoms with Crippen molar-refractivity contribution in [3.05, 3.63) is 52.4 Å². The Balaban J connectivity index is 1.35. The molecule has 0 atom stereocenters. The smallest absolute Gasteiger partial charge is 0.350 e.